The lowest BCUT2D eigenvalue weighted by atomic mass is 10.0. The second kappa shape index (κ2) is 8.80. The molecular formula is C21H25BrN2O2. The van der Waals surface area contributed by atoms with Gasteiger partial charge in [0.1, 0.15) is 0 Å². The molecular weight excluding hydrogens is 392 g/mol. The number of benzene rings is 2. The zero-order valence-electron chi connectivity index (χ0n) is 15.3. The summed E-state index contributed by atoms with van der Waals surface area (Å²) in [6.07, 6.45) is 0.0142. The molecule has 2 aromatic rings. The molecule has 2 aromatic carbocycles. The lowest BCUT2D eigenvalue weighted by molar-refractivity contribution is -0.0292. The maximum absolute atomic E-state index is 12.6. The van der Waals surface area contributed by atoms with Crippen LogP contribution in [-0.4, -0.2) is 43.2 Å². The lowest BCUT2D eigenvalue weighted by Gasteiger charge is -2.33. The van der Waals surface area contributed by atoms with Crippen LogP contribution in [0, 0.1) is 13.8 Å². The van der Waals surface area contributed by atoms with E-state index >= 15 is 0 Å². The summed E-state index contributed by atoms with van der Waals surface area (Å²) in [7, 11) is 0. The minimum Gasteiger partial charge on any atom is -0.374 e. The van der Waals surface area contributed by atoms with Gasteiger partial charge in [-0.1, -0.05) is 36.4 Å². The number of ether oxygens (including phenoxy) is 1. The van der Waals surface area contributed by atoms with Gasteiger partial charge in [-0.25, -0.2) is 0 Å². The molecule has 1 heterocycles. The van der Waals surface area contributed by atoms with Crippen LogP contribution in [-0.2, 0) is 11.3 Å². The molecule has 0 bridgehead atoms. The van der Waals surface area contributed by atoms with Gasteiger partial charge in [0.05, 0.1) is 18.3 Å². The van der Waals surface area contributed by atoms with Crippen LogP contribution in [0.25, 0.3) is 0 Å². The number of nitrogens with one attached hydrogen (secondary N) is 1. The number of nitrogens with zero attached hydrogens (tertiary/aromatic N) is 1. The maximum atomic E-state index is 12.6. The number of hydrogen-bond donors (Lipinski definition) is 1. The summed E-state index contributed by atoms with van der Waals surface area (Å²) in [5.74, 6) is -0.0538. The maximum Gasteiger partial charge on any atom is 0.252 e. The van der Waals surface area contributed by atoms with Gasteiger partial charge in [-0.2, -0.15) is 0 Å². The molecule has 5 heteroatoms. The Kier molecular flexibility index (Phi) is 6.46. The molecule has 0 aliphatic carbocycles. The van der Waals surface area contributed by atoms with Crippen molar-refractivity contribution in [3.05, 3.63) is 69.2 Å². The highest BCUT2D eigenvalue weighted by molar-refractivity contribution is 9.10. The normalized spacial score (nSPS) is 17.9. The van der Waals surface area contributed by atoms with Gasteiger partial charge >= 0.3 is 0 Å². The van der Waals surface area contributed by atoms with Gasteiger partial charge in [0.25, 0.3) is 5.91 Å². The number of carbonyl (C=O) groups is 1. The molecule has 1 aliphatic heterocycles. The fraction of sp³-hybridized carbons (Fsp3) is 0.381. The number of amides is 1. The Bertz CT molecular complexity index is 764. The molecule has 4 nitrogen and oxygen atoms in total. The first-order valence-corrected chi connectivity index (χ1v) is 9.75. The van der Waals surface area contributed by atoms with E-state index in [9.17, 15) is 4.79 Å². The quantitative estimate of drug-likeness (QED) is 0.807. The van der Waals surface area contributed by atoms with Crippen LogP contribution >= 0.6 is 15.9 Å². The standard InChI is InChI=1S/C21H25BrN2O2/c1-15-8-9-19(22)20(16(15)2)21(25)23-12-18-14-24(10-11-26-18)13-17-6-4-3-5-7-17/h3-9,18H,10-14H2,1-2H3,(H,23,25). The van der Waals surface area contributed by atoms with Gasteiger partial charge in [0.15, 0.2) is 0 Å². The molecule has 1 N–H and O–H groups in total. The van der Waals surface area contributed by atoms with Crippen molar-refractivity contribution in [2.24, 2.45) is 0 Å². The lowest BCUT2D eigenvalue weighted by Crippen LogP contribution is -2.47. The molecule has 138 valence electrons. The van der Waals surface area contributed by atoms with E-state index < -0.39 is 0 Å². The van der Waals surface area contributed by atoms with Gasteiger partial charge in [0, 0.05) is 30.7 Å². The topological polar surface area (TPSA) is 41.6 Å². The third kappa shape index (κ3) is 4.72. The summed E-state index contributed by atoms with van der Waals surface area (Å²) in [4.78, 5) is 15.0. The average molecular weight is 417 g/mol. The first kappa shape index (κ1) is 19.1. The molecule has 0 saturated carbocycles. The third-order valence-corrected chi connectivity index (χ3v) is 5.54. The summed E-state index contributed by atoms with van der Waals surface area (Å²) in [5, 5.41) is 3.04. The van der Waals surface area contributed by atoms with Gasteiger partial charge in [-0.3, -0.25) is 9.69 Å². The van der Waals surface area contributed by atoms with E-state index in [1.807, 2.05) is 32.0 Å². The number of halogens is 1. The molecule has 0 radical (unpaired) electrons. The monoisotopic (exact) mass is 416 g/mol. The Balaban J connectivity index is 1.56. The predicted octanol–water partition coefficient (Wildman–Crippen LogP) is 3.70. The van der Waals surface area contributed by atoms with Gasteiger partial charge in [0.2, 0.25) is 0 Å². The Morgan fingerprint density at radius 3 is 2.77 bits per heavy atom. The zero-order valence-corrected chi connectivity index (χ0v) is 16.9. The van der Waals surface area contributed by atoms with E-state index in [2.05, 4.69) is 50.4 Å². The van der Waals surface area contributed by atoms with Crippen molar-refractivity contribution in [2.75, 3.05) is 26.2 Å². The Morgan fingerprint density at radius 1 is 1.23 bits per heavy atom. The Morgan fingerprint density at radius 2 is 2.00 bits per heavy atom. The summed E-state index contributed by atoms with van der Waals surface area (Å²) in [5.41, 5.74) is 4.13. The van der Waals surface area contributed by atoms with Gasteiger partial charge in [-0.15, -0.1) is 0 Å². The molecule has 26 heavy (non-hydrogen) atoms. The van der Waals surface area contributed by atoms with Crippen LogP contribution in [0.5, 0.6) is 0 Å². The van der Waals surface area contributed by atoms with Crippen molar-refractivity contribution in [1.82, 2.24) is 10.2 Å². The van der Waals surface area contributed by atoms with Crippen LogP contribution < -0.4 is 5.32 Å². The van der Waals surface area contributed by atoms with Crippen LogP contribution in [0.3, 0.4) is 0 Å². The summed E-state index contributed by atoms with van der Waals surface area (Å²) >= 11 is 3.49. The fourth-order valence-corrected chi connectivity index (χ4v) is 3.86. The van der Waals surface area contributed by atoms with Crippen molar-refractivity contribution in [1.29, 1.82) is 0 Å². The number of morpholine rings is 1. The second-order valence-corrected chi connectivity index (χ2v) is 7.64. The molecule has 0 spiro atoms. The molecule has 1 aliphatic rings. The van der Waals surface area contributed by atoms with Crippen molar-refractivity contribution in [3.8, 4) is 0 Å². The van der Waals surface area contributed by atoms with Crippen molar-refractivity contribution in [3.63, 3.8) is 0 Å². The van der Waals surface area contributed by atoms with Crippen molar-refractivity contribution >= 4 is 21.8 Å². The highest BCUT2D eigenvalue weighted by Gasteiger charge is 2.22. The predicted molar refractivity (Wildman–Crippen MR) is 107 cm³/mol. The first-order chi connectivity index (χ1) is 12.5. The van der Waals surface area contributed by atoms with Crippen LogP contribution in [0.1, 0.15) is 27.0 Å². The van der Waals surface area contributed by atoms with E-state index in [0.29, 0.717) is 18.7 Å². The molecule has 1 amide bonds. The molecule has 0 aromatic heterocycles. The summed E-state index contributed by atoms with van der Waals surface area (Å²) in [6, 6.07) is 14.4. The average Bonchev–Trinajstić information content (AvgIpc) is 2.65. The number of hydrogen-bond acceptors (Lipinski definition) is 3. The number of carbonyl (C=O) groups excluding carboxylic acids is 1. The minimum atomic E-state index is -0.0538. The highest BCUT2D eigenvalue weighted by atomic mass is 79.9. The van der Waals surface area contributed by atoms with E-state index in [4.69, 9.17) is 4.74 Å². The number of aryl methyl sites for hydroxylation is 1. The zero-order chi connectivity index (χ0) is 18.5. The molecule has 1 saturated heterocycles. The van der Waals surface area contributed by atoms with Crippen LogP contribution in [0.2, 0.25) is 0 Å². The van der Waals surface area contributed by atoms with Crippen LogP contribution in [0.4, 0.5) is 0 Å². The van der Waals surface area contributed by atoms with E-state index in [1.165, 1.54) is 5.56 Å². The molecule has 3 rings (SSSR count). The van der Waals surface area contributed by atoms with Crippen LogP contribution in [0.15, 0.2) is 46.9 Å². The SMILES string of the molecule is Cc1ccc(Br)c(C(=O)NCC2CN(Cc3ccccc3)CCO2)c1C. The third-order valence-electron chi connectivity index (χ3n) is 4.87. The first-order valence-electron chi connectivity index (χ1n) is 8.96. The van der Waals surface area contributed by atoms with E-state index in [1.54, 1.807) is 0 Å². The molecule has 1 unspecified atom stereocenters. The fourth-order valence-electron chi connectivity index (χ4n) is 3.25. The van der Waals surface area contributed by atoms with Crippen molar-refractivity contribution in [2.45, 2.75) is 26.5 Å². The number of rotatable bonds is 5. The van der Waals surface area contributed by atoms with E-state index in [-0.39, 0.29) is 12.0 Å². The largest absolute Gasteiger partial charge is 0.374 e. The summed E-state index contributed by atoms with van der Waals surface area (Å²) < 4.78 is 6.68. The van der Waals surface area contributed by atoms with Crippen molar-refractivity contribution < 1.29 is 9.53 Å². The highest BCUT2D eigenvalue weighted by Crippen LogP contribution is 2.23. The molecule has 1 atom stereocenters. The van der Waals surface area contributed by atoms with Gasteiger partial charge < -0.3 is 10.1 Å². The second-order valence-electron chi connectivity index (χ2n) is 6.79. The summed E-state index contributed by atoms with van der Waals surface area (Å²) in [6.45, 7) is 7.87. The Labute approximate surface area is 163 Å². The Hall–Kier alpha value is -1.69. The van der Waals surface area contributed by atoms with Gasteiger partial charge in [-0.05, 0) is 52.5 Å². The van der Waals surface area contributed by atoms with E-state index in [0.717, 1.165) is 35.2 Å². The molecule has 1 fully saturated rings. The smallest absolute Gasteiger partial charge is 0.252 e. The minimum absolute atomic E-state index is 0.0142.